The van der Waals surface area contributed by atoms with Gasteiger partial charge in [-0.1, -0.05) is 54.1 Å². The quantitative estimate of drug-likeness (QED) is 0.927. The molecule has 2 amide bonds. The predicted molar refractivity (Wildman–Crippen MR) is 93.4 cm³/mol. The summed E-state index contributed by atoms with van der Waals surface area (Å²) in [6.07, 6.45) is 0.239. The number of likely N-dealkylation sites (tertiary alicyclic amines) is 1. The number of carbonyl (C=O) groups excluding carboxylic acids is 2. The van der Waals surface area contributed by atoms with Crippen LogP contribution in [0.3, 0.4) is 0 Å². The normalized spacial score (nSPS) is 20.2. The second kappa shape index (κ2) is 7.05. The van der Waals surface area contributed by atoms with E-state index in [4.69, 9.17) is 11.6 Å². The Kier molecular flexibility index (Phi) is 4.86. The Labute approximate surface area is 146 Å². The minimum atomic E-state index is -0.378. The Hall–Kier alpha value is -2.33. The highest BCUT2D eigenvalue weighted by atomic mass is 35.5. The summed E-state index contributed by atoms with van der Waals surface area (Å²) >= 11 is 5.87. The highest BCUT2D eigenvalue weighted by Gasteiger charge is 2.42. The van der Waals surface area contributed by atoms with Crippen molar-refractivity contribution >= 4 is 23.4 Å². The van der Waals surface area contributed by atoms with Crippen molar-refractivity contribution in [2.24, 2.45) is 5.92 Å². The molecule has 4 nitrogen and oxygen atoms in total. The molecule has 0 saturated carbocycles. The van der Waals surface area contributed by atoms with Crippen LogP contribution in [-0.2, 0) is 16.1 Å². The van der Waals surface area contributed by atoms with Crippen LogP contribution < -0.4 is 5.32 Å². The third-order valence-electron chi connectivity index (χ3n) is 4.44. The number of halogens is 1. The Balaban J connectivity index is 1.72. The number of rotatable bonds is 4. The molecule has 3 rings (SSSR count). The van der Waals surface area contributed by atoms with Crippen molar-refractivity contribution in [3.8, 4) is 0 Å². The van der Waals surface area contributed by atoms with Gasteiger partial charge in [0.15, 0.2) is 0 Å². The van der Waals surface area contributed by atoms with Crippen LogP contribution in [0.4, 0.5) is 0 Å². The second-order valence-corrected chi connectivity index (χ2v) is 6.45. The van der Waals surface area contributed by atoms with Crippen molar-refractivity contribution in [2.75, 3.05) is 7.05 Å². The average Bonchev–Trinajstić information content (AvgIpc) is 2.90. The van der Waals surface area contributed by atoms with Gasteiger partial charge in [0.2, 0.25) is 11.8 Å². The number of carbonyl (C=O) groups is 2. The Morgan fingerprint density at radius 1 is 1.17 bits per heavy atom. The highest BCUT2D eigenvalue weighted by Crippen LogP contribution is 2.36. The van der Waals surface area contributed by atoms with Gasteiger partial charge < -0.3 is 10.2 Å². The highest BCUT2D eigenvalue weighted by molar-refractivity contribution is 6.30. The standard InChI is InChI=1S/C19H19ClN2O2/c1-22-17(23)11-16(18(22)14-5-3-2-4-6-14)19(24)21-12-13-7-9-15(20)10-8-13/h2-10,16,18H,11-12H2,1H3,(H,21,24)/t16-,18+/m0/s1. The summed E-state index contributed by atoms with van der Waals surface area (Å²) < 4.78 is 0. The summed E-state index contributed by atoms with van der Waals surface area (Å²) in [6, 6.07) is 16.8. The van der Waals surface area contributed by atoms with Crippen LogP contribution in [0.15, 0.2) is 54.6 Å². The molecule has 0 aromatic heterocycles. The molecule has 1 aliphatic heterocycles. The molecule has 0 aliphatic carbocycles. The van der Waals surface area contributed by atoms with Crippen molar-refractivity contribution in [3.05, 3.63) is 70.7 Å². The lowest BCUT2D eigenvalue weighted by atomic mass is 9.93. The SMILES string of the molecule is CN1C(=O)C[C@H](C(=O)NCc2ccc(Cl)cc2)[C@H]1c1ccccc1. The number of nitrogens with one attached hydrogen (secondary N) is 1. The van der Waals surface area contributed by atoms with Crippen LogP contribution in [0.1, 0.15) is 23.6 Å². The number of hydrogen-bond acceptors (Lipinski definition) is 2. The topological polar surface area (TPSA) is 49.4 Å². The summed E-state index contributed by atoms with van der Waals surface area (Å²) in [6.45, 7) is 0.423. The van der Waals surface area contributed by atoms with E-state index in [-0.39, 0.29) is 30.2 Å². The van der Waals surface area contributed by atoms with Gasteiger partial charge in [-0.2, -0.15) is 0 Å². The second-order valence-electron chi connectivity index (χ2n) is 6.02. The number of amides is 2. The van der Waals surface area contributed by atoms with E-state index >= 15 is 0 Å². The molecule has 2 aromatic rings. The summed E-state index contributed by atoms with van der Waals surface area (Å²) in [4.78, 5) is 26.4. The van der Waals surface area contributed by atoms with Gasteiger partial charge in [-0.25, -0.2) is 0 Å². The van der Waals surface area contributed by atoms with Crippen LogP contribution in [0.2, 0.25) is 5.02 Å². The zero-order chi connectivity index (χ0) is 17.1. The predicted octanol–water partition coefficient (Wildman–Crippen LogP) is 3.18. The lowest BCUT2D eigenvalue weighted by Crippen LogP contribution is -2.34. The first-order valence-corrected chi connectivity index (χ1v) is 8.27. The summed E-state index contributed by atoms with van der Waals surface area (Å²) in [5.41, 5.74) is 1.96. The molecule has 5 heteroatoms. The Bertz CT molecular complexity index is 731. The molecule has 1 fully saturated rings. The molecule has 0 unspecified atom stereocenters. The maximum atomic E-state index is 12.6. The summed E-state index contributed by atoms with van der Waals surface area (Å²) in [7, 11) is 1.76. The van der Waals surface area contributed by atoms with Crippen LogP contribution in [-0.4, -0.2) is 23.8 Å². The zero-order valence-corrected chi connectivity index (χ0v) is 14.2. The first kappa shape index (κ1) is 16.5. The van der Waals surface area contributed by atoms with Crippen LogP contribution in [0.5, 0.6) is 0 Å². The fraction of sp³-hybridized carbons (Fsp3) is 0.263. The minimum absolute atomic E-state index is 0.00417. The molecule has 1 aliphatic rings. The number of nitrogens with zero attached hydrogens (tertiary/aromatic N) is 1. The molecule has 0 radical (unpaired) electrons. The Morgan fingerprint density at radius 2 is 1.83 bits per heavy atom. The fourth-order valence-electron chi connectivity index (χ4n) is 3.13. The van der Waals surface area contributed by atoms with Crippen LogP contribution >= 0.6 is 11.6 Å². The molecule has 2 atom stereocenters. The molecule has 1 saturated heterocycles. The van der Waals surface area contributed by atoms with Crippen LogP contribution in [0.25, 0.3) is 0 Å². The van der Waals surface area contributed by atoms with E-state index in [2.05, 4.69) is 5.32 Å². The first-order valence-electron chi connectivity index (χ1n) is 7.89. The van der Waals surface area contributed by atoms with Crippen molar-refractivity contribution < 1.29 is 9.59 Å². The monoisotopic (exact) mass is 342 g/mol. The Morgan fingerprint density at radius 3 is 2.50 bits per heavy atom. The van der Waals surface area contributed by atoms with Gasteiger partial charge in [-0.3, -0.25) is 9.59 Å². The molecule has 1 heterocycles. The van der Waals surface area contributed by atoms with Gasteiger partial charge >= 0.3 is 0 Å². The fourth-order valence-corrected chi connectivity index (χ4v) is 3.26. The van der Waals surface area contributed by atoms with Crippen molar-refractivity contribution in [2.45, 2.75) is 19.0 Å². The van der Waals surface area contributed by atoms with Gasteiger partial charge in [0.05, 0.1) is 12.0 Å². The van der Waals surface area contributed by atoms with Gasteiger partial charge in [-0.05, 0) is 23.3 Å². The van der Waals surface area contributed by atoms with E-state index in [1.54, 1.807) is 24.1 Å². The molecular weight excluding hydrogens is 324 g/mol. The lowest BCUT2D eigenvalue weighted by Gasteiger charge is -2.25. The number of benzene rings is 2. The largest absolute Gasteiger partial charge is 0.352 e. The summed E-state index contributed by atoms with van der Waals surface area (Å²) in [5.74, 6) is -0.482. The molecule has 0 spiro atoms. The average molecular weight is 343 g/mol. The molecule has 1 N–H and O–H groups in total. The summed E-state index contributed by atoms with van der Waals surface area (Å²) in [5, 5.41) is 3.60. The third kappa shape index (κ3) is 3.44. The van der Waals surface area contributed by atoms with Crippen molar-refractivity contribution in [1.82, 2.24) is 10.2 Å². The molecule has 24 heavy (non-hydrogen) atoms. The third-order valence-corrected chi connectivity index (χ3v) is 4.70. The molecular formula is C19H19ClN2O2. The van der Waals surface area contributed by atoms with Crippen molar-refractivity contribution in [1.29, 1.82) is 0 Å². The van der Waals surface area contributed by atoms with E-state index in [0.717, 1.165) is 11.1 Å². The van der Waals surface area contributed by atoms with Gasteiger partial charge in [0.25, 0.3) is 0 Å². The van der Waals surface area contributed by atoms with Crippen LogP contribution in [0, 0.1) is 5.92 Å². The van der Waals surface area contributed by atoms with E-state index in [1.165, 1.54) is 0 Å². The van der Waals surface area contributed by atoms with E-state index < -0.39 is 0 Å². The minimum Gasteiger partial charge on any atom is -0.352 e. The molecule has 2 aromatic carbocycles. The van der Waals surface area contributed by atoms with Gasteiger partial charge in [0.1, 0.15) is 0 Å². The maximum absolute atomic E-state index is 12.6. The zero-order valence-electron chi connectivity index (χ0n) is 13.4. The van der Waals surface area contributed by atoms with E-state index in [9.17, 15) is 9.59 Å². The van der Waals surface area contributed by atoms with Gasteiger partial charge in [0, 0.05) is 25.0 Å². The first-order chi connectivity index (χ1) is 11.6. The molecule has 124 valence electrons. The van der Waals surface area contributed by atoms with E-state index in [0.29, 0.717) is 11.6 Å². The smallest absolute Gasteiger partial charge is 0.226 e. The maximum Gasteiger partial charge on any atom is 0.226 e. The van der Waals surface area contributed by atoms with Crippen molar-refractivity contribution in [3.63, 3.8) is 0 Å². The van der Waals surface area contributed by atoms with Gasteiger partial charge in [-0.15, -0.1) is 0 Å². The van der Waals surface area contributed by atoms with E-state index in [1.807, 2.05) is 42.5 Å². The molecule has 0 bridgehead atoms. The lowest BCUT2D eigenvalue weighted by molar-refractivity contribution is -0.128. The number of hydrogen-bond donors (Lipinski definition) is 1.